The van der Waals surface area contributed by atoms with Crippen LogP contribution >= 0.6 is 0 Å². The van der Waals surface area contributed by atoms with Gasteiger partial charge in [0.25, 0.3) is 0 Å². The molecule has 1 heterocycles. The highest BCUT2D eigenvalue weighted by molar-refractivity contribution is 5.97. The third kappa shape index (κ3) is 5.72. The number of rotatable bonds is 5. The van der Waals surface area contributed by atoms with Crippen molar-refractivity contribution in [3.8, 4) is 0 Å². The summed E-state index contributed by atoms with van der Waals surface area (Å²) < 4.78 is 18.0. The smallest absolute Gasteiger partial charge is 0.410 e. The molecule has 1 aromatic heterocycles. The molecule has 0 fully saturated rings. The maximum atomic E-state index is 12.8. The largest absolute Gasteiger partial charge is 0.444 e. The van der Waals surface area contributed by atoms with Gasteiger partial charge >= 0.3 is 6.09 Å². The molecule has 0 aliphatic carbocycles. The van der Waals surface area contributed by atoms with Crippen molar-refractivity contribution in [2.75, 3.05) is 13.1 Å². The Kier molecular flexibility index (Phi) is 5.58. The fourth-order valence-electron chi connectivity index (χ4n) is 1.48. The summed E-state index contributed by atoms with van der Waals surface area (Å²) in [5.74, 6) is -0.927. The second-order valence-electron chi connectivity index (χ2n) is 5.43. The molecule has 1 rings (SSSR count). The third-order valence-corrected chi connectivity index (χ3v) is 2.35. The van der Waals surface area contributed by atoms with Crippen molar-refractivity contribution < 1.29 is 18.7 Å². The van der Waals surface area contributed by atoms with Gasteiger partial charge in [0.05, 0.1) is 12.7 Å². The molecule has 0 aromatic carbocycles. The summed E-state index contributed by atoms with van der Waals surface area (Å²) in [5, 5.41) is 0. The van der Waals surface area contributed by atoms with Crippen LogP contribution in [0.5, 0.6) is 0 Å². The van der Waals surface area contributed by atoms with Crippen molar-refractivity contribution >= 4 is 11.9 Å². The first kappa shape index (κ1) is 16.8. The van der Waals surface area contributed by atoms with Crippen LogP contribution < -0.4 is 0 Å². The fraction of sp³-hybridized carbons (Fsp3) is 0.400. The summed E-state index contributed by atoms with van der Waals surface area (Å²) in [6, 6.07) is 2.42. The lowest BCUT2D eigenvalue weighted by atomic mass is 10.2. The van der Waals surface area contributed by atoms with Gasteiger partial charge < -0.3 is 4.74 Å². The van der Waals surface area contributed by atoms with Gasteiger partial charge in [-0.2, -0.15) is 0 Å². The minimum Gasteiger partial charge on any atom is -0.444 e. The zero-order valence-electron chi connectivity index (χ0n) is 12.4. The number of pyridine rings is 1. The Labute approximate surface area is 123 Å². The van der Waals surface area contributed by atoms with Gasteiger partial charge in [-0.05, 0) is 32.9 Å². The SMILES string of the molecule is C=CCN(CC(=O)c1ccc(F)cn1)C(=O)OC(C)(C)C. The van der Waals surface area contributed by atoms with Crippen molar-refractivity contribution in [2.24, 2.45) is 0 Å². The van der Waals surface area contributed by atoms with Gasteiger partial charge in [0.1, 0.15) is 17.1 Å². The highest BCUT2D eigenvalue weighted by Gasteiger charge is 2.23. The third-order valence-electron chi connectivity index (χ3n) is 2.35. The quantitative estimate of drug-likeness (QED) is 0.619. The first-order valence-electron chi connectivity index (χ1n) is 6.46. The average molecular weight is 294 g/mol. The first-order valence-corrected chi connectivity index (χ1v) is 6.46. The zero-order chi connectivity index (χ0) is 16.0. The Morgan fingerprint density at radius 2 is 2.10 bits per heavy atom. The van der Waals surface area contributed by atoms with E-state index >= 15 is 0 Å². The van der Waals surface area contributed by atoms with Crippen LogP contribution in [0.4, 0.5) is 9.18 Å². The van der Waals surface area contributed by atoms with E-state index in [-0.39, 0.29) is 18.8 Å². The molecule has 21 heavy (non-hydrogen) atoms. The molecular formula is C15H19FN2O3. The molecule has 0 aliphatic heterocycles. The number of carbonyl (C=O) groups excluding carboxylic acids is 2. The van der Waals surface area contributed by atoms with Crippen LogP contribution in [-0.2, 0) is 4.74 Å². The summed E-state index contributed by atoms with van der Waals surface area (Å²) in [6.45, 7) is 8.71. The molecule has 5 nitrogen and oxygen atoms in total. The van der Waals surface area contributed by atoms with Crippen LogP contribution in [0, 0.1) is 5.82 Å². The monoisotopic (exact) mass is 294 g/mol. The number of carbonyl (C=O) groups is 2. The Balaban J connectivity index is 2.78. The highest BCUT2D eigenvalue weighted by atomic mass is 19.1. The maximum absolute atomic E-state index is 12.8. The molecule has 0 saturated carbocycles. The van der Waals surface area contributed by atoms with Crippen LogP contribution in [0.3, 0.4) is 0 Å². The Hall–Kier alpha value is -2.24. The van der Waals surface area contributed by atoms with Crippen LogP contribution in [0.1, 0.15) is 31.3 Å². The predicted octanol–water partition coefficient (Wildman–Crippen LogP) is 2.83. The van der Waals surface area contributed by atoms with E-state index in [1.165, 1.54) is 17.0 Å². The van der Waals surface area contributed by atoms with E-state index in [0.717, 1.165) is 12.3 Å². The lowest BCUT2D eigenvalue weighted by Gasteiger charge is -2.26. The van der Waals surface area contributed by atoms with Gasteiger partial charge in [-0.1, -0.05) is 6.08 Å². The molecule has 0 spiro atoms. The molecular weight excluding hydrogens is 275 g/mol. The van der Waals surface area contributed by atoms with E-state index in [9.17, 15) is 14.0 Å². The van der Waals surface area contributed by atoms with E-state index in [1.54, 1.807) is 20.8 Å². The topological polar surface area (TPSA) is 59.5 Å². The summed E-state index contributed by atoms with van der Waals surface area (Å²) in [6.07, 6.45) is 1.84. The first-order chi connectivity index (χ1) is 9.73. The van der Waals surface area contributed by atoms with Crippen LogP contribution in [-0.4, -0.2) is 40.5 Å². The number of ketones is 1. The number of ether oxygens (including phenoxy) is 1. The lowest BCUT2D eigenvalue weighted by molar-refractivity contribution is 0.0268. The van der Waals surface area contributed by atoms with Crippen molar-refractivity contribution in [1.29, 1.82) is 0 Å². The maximum Gasteiger partial charge on any atom is 0.410 e. The van der Waals surface area contributed by atoms with Crippen molar-refractivity contribution in [3.05, 3.63) is 42.5 Å². The van der Waals surface area contributed by atoms with Gasteiger partial charge in [-0.25, -0.2) is 9.18 Å². The minimum atomic E-state index is -0.659. The molecule has 0 bridgehead atoms. The molecule has 0 aliphatic rings. The van der Waals surface area contributed by atoms with E-state index in [2.05, 4.69) is 11.6 Å². The number of hydrogen-bond acceptors (Lipinski definition) is 4. The van der Waals surface area contributed by atoms with Crippen molar-refractivity contribution in [3.63, 3.8) is 0 Å². The standard InChI is InChI=1S/C15H19FN2O3/c1-5-8-18(14(20)21-15(2,3)4)10-13(19)12-7-6-11(16)9-17-12/h5-7,9H,1,8,10H2,2-4H3. The molecule has 0 unspecified atom stereocenters. The molecule has 1 aromatic rings. The average Bonchev–Trinajstić information content (AvgIpc) is 2.36. The minimum absolute atomic E-state index is 0.0917. The summed E-state index contributed by atoms with van der Waals surface area (Å²) in [5.41, 5.74) is -0.567. The fourth-order valence-corrected chi connectivity index (χ4v) is 1.48. The number of aromatic nitrogens is 1. The van der Waals surface area contributed by atoms with Gasteiger partial charge in [-0.3, -0.25) is 14.7 Å². The van der Waals surface area contributed by atoms with E-state index in [0.29, 0.717) is 0 Å². The van der Waals surface area contributed by atoms with Crippen molar-refractivity contribution in [2.45, 2.75) is 26.4 Å². The van der Waals surface area contributed by atoms with Gasteiger partial charge in [0, 0.05) is 6.54 Å². The molecule has 0 N–H and O–H groups in total. The number of Topliss-reactive ketones (excluding diaryl/α,β-unsaturated/α-hetero) is 1. The molecule has 114 valence electrons. The van der Waals surface area contributed by atoms with E-state index in [4.69, 9.17) is 4.74 Å². The summed E-state index contributed by atoms with van der Waals surface area (Å²) in [4.78, 5) is 28.9. The number of hydrogen-bond donors (Lipinski definition) is 0. The predicted molar refractivity (Wildman–Crippen MR) is 76.5 cm³/mol. The van der Waals surface area contributed by atoms with Gasteiger partial charge in [0.15, 0.2) is 0 Å². The van der Waals surface area contributed by atoms with Crippen molar-refractivity contribution in [1.82, 2.24) is 9.88 Å². The van der Waals surface area contributed by atoms with Gasteiger partial charge in [0.2, 0.25) is 5.78 Å². The Bertz CT molecular complexity index is 521. The highest BCUT2D eigenvalue weighted by Crippen LogP contribution is 2.10. The summed E-state index contributed by atoms with van der Waals surface area (Å²) >= 11 is 0. The molecule has 1 amide bonds. The summed E-state index contributed by atoms with van der Waals surface area (Å²) in [7, 11) is 0. The van der Waals surface area contributed by atoms with Crippen LogP contribution in [0.25, 0.3) is 0 Å². The second-order valence-corrected chi connectivity index (χ2v) is 5.43. The zero-order valence-corrected chi connectivity index (χ0v) is 12.4. The number of nitrogens with zero attached hydrogens (tertiary/aromatic N) is 2. The number of amides is 1. The van der Waals surface area contributed by atoms with Crippen LogP contribution in [0.15, 0.2) is 31.0 Å². The molecule has 0 radical (unpaired) electrons. The second kappa shape index (κ2) is 6.97. The van der Waals surface area contributed by atoms with E-state index in [1.807, 2.05) is 0 Å². The Morgan fingerprint density at radius 3 is 2.57 bits per heavy atom. The van der Waals surface area contributed by atoms with Crippen LogP contribution in [0.2, 0.25) is 0 Å². The molecule has 6 heteroatoms. The lowest BCUT2D eigenvalue weighted by Crippen LogP contribution is -2.40. The molecule has 0 atom stereocenters. The van der Waals surface area contributed by atoms with Gasteiger partial charge in [-0.15, -0.1) is 6.58 Å². The normalized spacial score (nSPS) is 10.9. The molecule has 0 saturated heterocycles. The van der Waals surface area contributed by atoms with E-state index < -0.39 is 23.3 Å². The number of halogens is 1. The Morgan fingerprint density at radius 1 is 1.43 bits per heavy atom.